The number of hydrogen-bond acceptors (Lipinski definition) is 13. The smallest absolute Gasteiger partial charge is 0.220 e. The van der Waals surface area contributed by atoms with E-state index in [9.17, 15) is 45.6 Å². The maximum atomic E-state index is 13.4. The highest BCUT2D eigenvalue weighted by atomic mass is 16.7. The number of amides is 1. The normalized spacial score (nSPS) is 22.2. The second-order valence-corrected chi connectivity index (χ2v) is 29.2. The Kier molecular flexibility index (Phi) is 66.6. The third-order valence-electron chi connectivity index (χ3n) is 19.9. The Balaban J connectivity index is 1.62. The standard InChI is InChI=1S/C90H155NO13/c1-3-5-7-9-11-13-15-17-19-21-23-25-27-29-31-33-35-36-37-38-39-40-41-42-44-46-48-50-52-54-56-58-60-62-64-66-68-70-72-74-82(95)91-78(77-101-89-87(100)85(98)88(81(76-93)103-89)104-90-86(99)84(97)83(96)80(75-92)102-90)79(94)73-71-69-67-65-63-61-59-57-55-53-51-49-47-45-43-34-32-30-28-26-24-22-20-18-16-14-12-10-8-6-4-2/h5,7,11,13,17,19,23,25,29,31,35-36,38-39,41-42,46,48,52,54,58,60,78-81,83-90,92-94,96-100H,3-4,6,8-10,12,14-16,18,20-22,24,26-28,30,32-34,37,40,43-45,47,49-51,53,55-57,59,61-77H2,1-2H3,(H,91,95)/b7-5-,13-11-,19-17-,25-23-,31-29-,36-35-,39-38-,42-41-,48-46-,54-52-,60-58-. The molecule has 9 N–H and O–H groups in total. The van der Waals surface area contributed by atoms with Crippen LogP contribution in [-0.4, -0.2) is 140 Å². The van der Waals surface area contributed by atoms with Gasteiger partial charge in [0.15, 0.2) is 12.6 Å². The fourth-order valence-corrected chi connectivity index (χ4v) is 13.2. The first-order chi connectivity index (χ1) is 51.1. The Morgan fingerprint density at radius 2 is 0.663 bits per heavy atom. The first-order valence-corrected chi connectivity index (χ1v) is 42.4. The summed E-state index contributed by atoms with van der Waals surface area (Å²) in [6.45, 7) is 2.77. The third-order valence-corrected chi connectivity index (χ3v) is 19.9. The van der Waals surface area contributed by atoms with Crippen LogP contribution in [0.2, 0.25) is 0 Å². The van der Waals surface area contributed by atoms with Crippen LogP contribution in [0.1, 0.15) is 335 Å². The fraction of sp³-hybridized carbons (Fsp3) is 0.744. The highest BCUT2D eigenvalue weighted by Crippen LogP contribution is 2.30. The van der Waals surface area contributed by atoms with Crippen LogP contribution in [-0.2, 0) is 23.7 Å². The van der Waals surface area contributed by atoms with Gasteiger partial charge < -0.3 is 65.1 Å². The molecule has 104 heavy (non-hydrogen) atoms. The molecule has 1 amide bonds. The lowest BCUT2D eigenvalue weighted by atomic mass is 9.97. The lowest BCUT2D eigenvalue weighted by molar-refractivity contribution is -0.359. The number of hydrogen-bond donors (Lipinski definition) is 9. The van der Waals surface area contributed by atoms with Gasteiger partial charge in [-0.1, -0.05) is 366 Å². The molecular weight excluding hydrogens is 1300 g/mol. The molecule has 598 valence electrons. The van der Waals surface area contributed by atoms with E-state index < -0.39 is 86.8 Å². The van der Waals surface area contributed by atoms with Crippen LogP contribution < -0.4 is 5.32 Å². The highest BCUT2D eigenvalue weighted by Gasteiger charge is 2.51. The van der Waals surface area contributed by atoms with Gasteiger partial charge in [0.05, 0.1) is 32.0 Å². The molecule has 2 rings (SSSR count). The number of allylic oxidation sites excluding steroid dienone is 22. The van der Waals surface area contributed by atoms with Crippen molar-refractivity contribution < 1.29 is 64.6 Å². The van der Waals surface area contributed by atoms with Crippen LogP contribution in [0.4, 0.5) is 0 Å². The Labute approximate surface area is 634 Å². The van der Waals surface area contributed by atoms with Crippen LogP contribution in [0, 0.1) is 0 Å². The fourth-order valence-electron chi connectivity index (χ4n) is 13.2. The van der Waals surface area contributed by atoms with Gasteiger partial charge in [-0.3, -0.25) is 4.79 Å². The summed E-state index contributed by atoms with van der Waals surface area (Å²) in [6, 6.07) is -0.852. The average Bonchev–Trinajstić information content (AvgIpc) is 0.791. The van der Waals surface area contributed by atoms with Gasteiger partial charge in [0.1, 0.15) is 48.8 Å². The second-order valence-electron chi connectivity index (χ2n) is 29.2. The minimum absolute atomic E-state index is 0.226. The maximum absolute atomic E-state index is 13.4. The summed E-state index contributed by atoms with van der Waals surface area (Å²) < 4.78 is 23.0. The molecular formula is C90H155NO13. The average molecular weight is 1460 g/mol. The lowest BCUT2D eigenvalue weighted by Crippen LogP contribution is -2.65. The summed E-state index contributed by atoms with van der Waals surface area (Å²) in [7, 11) is 0. The lowest BCUT2D eigenvalue weighted by Gasteiger charge is -2.46. The molecule has 0 aliphatic carbocycles. The molecule has 2 heterocycles. The number of carbonyl (C=O) groups excluding carboxylic acids is 1. The van der Waals surface area contributed by atoms with Crippen molar-refractivity contribution in [2.45, 2.75) is 408 Å². The summed E-state index contributed by atoms with van der Waals surface area (Å²) in [5.74, 6) is -0.226. The molecule has 14 nitrogen and oxygen atoms in total. The summed E-state index contributed by atoms with van der Waals surface area (Å²) in [4.78, 5) is 13.4. The van der Waals surface area contributed by atoms with E-state index >= 15 is 0 Å². The number of unbranched alkanes of at least 4 members (excludes halogenated alkanes) is 35. The molecule has 12 atom stereocenters. The zero-order valence-electron chi connectivity index (χ0n) is 65.7. The molecule has 0 aromatic rings. The van der Waals surface area contributed by atoms with Gasteiger partial charge in [-0.05, 0) is 96.3 Å². The molecule has 12 unspecified atom stereocenters. The number of ether oxygens (including phenoxy) is 4. The predicted molar refractivity (Wildman–Crippen MR) is 433 cm³/mol. The van der Waals surface area contributed by atoms with E-state index in [-0.39, 0.29) is 18.9 Å². The van der Waals surface area contributed by atoms with Gasteiger partial charge in [0.2, 0.25) is 5.91 Å². The van der Waals surface area contributed by atoms with E-state index in [1.54, 1.807) is 0 Å². The van der Waals surface area contributed by atoms with Crippen LogP contribution >= 0.6 is 0 Å². The van der Waals surface area contributed by atoms with Gasteiger partial charge in [0, 0.05) is 6.42 Å². The van der Waals surface area contributed by atoms with Crippen molar-refractivity contribution in [1.29, 1.82) is 0 Å². The summed E-state index contributed by atoms with van der Waals surface area (Å²) in [5, 5.41) is 87.9. The molecule has 2 aliphatic rings. The van der Waals surface area contributed by atoms with Gasteiger partial charge in [-0.15, -0.1) is 0 Å². The molecule has 2 fully saturated rings. The number of nitrogens with one attached hydrogen (secondary N) is 1. The Bertz CT molecular complexity index is 2270. The van der Waals surface area contributed by atoms with E-state index in [1.165, 1.54) is 173 Å². The topological polar surface area (TPSA) is 228 Å². The molecule has 2 saturated heterocycles. The predicted octanol–water partition coefficient (Wildman–Crippen LogP) is 20.1. The number of carbonyl (C=O) groups is 1. The van der Waals surface area contributed by atoms with Crippen molar-refractivity contribution in [1.82, 2.24) is 5.32 Å². The van der Waals surface area contributed by atoms with Crippen molar-refractivity contribution in [3.8, 4) is 0 Å². The van der Waals surface area contributed by atoms with E-state index in [2.05, 4.69) is 153 Å². The first kappa shape index (κ1) is 96.2. The number of rotatable bonds is 70. The Morgan fingerprint density at radius 3 is 1.02 bits per heavy atom. The molecule has 0 saturated carbocycles. The molecule has 14 heteroatoms. The van der Waals surface area contributed by atoms with Crippen LogP contribution in [0.25, 0.3) is 0 Å². The highest BCUT2D eigenvalue weighted by molar-refractivity contribution is 5.76. The van der Waals surface area contributed by atoms with Crippen molar-refractivity contribution in [2.24, 2.45) is 0 Å². The molecule has 0 radical (unpaired) electrons. The van der Waals surface area contributed by atoms with E-state index in [1.807, 2.05) is 0 Å². The van der Waals surface area contributed by atoms with E-state index in [0.717, 1.165) is 128 Å². The third kappa shape index (κ3) is 53.8. The summed E-state index contributed by atoms with van der Waals surface area (Å²) in [5.41, 5.74) is 0. The van der Waals surface area contributed by atoms with Gasteiger partial charge in [-0.25, -0.2) is 0 Å². The minimum Gasteiger partial charge on any atom is -0.394 e. The Morgan fingerprint density at radius 1 is 0.356 bits per heavy atom. The quantitative estimate of drug-likeness (QED) is 0.0204. The largest absolute Gasteiger partial charge is 0.394 e. The minimum atomic E-state index is -1.79. The maximum Gasteiger partial charge on any atom is 0.220 e. The van der Waals surface area contributed by atoms with Gasteiger partial charge in [0.25, 0.3) is 0 Å². The zero-order chi connectivity index (χ0) is 75.1. The van der Waals surface area contributed by atoms with Gasteiger partial charge >= 0.3 is 0 Å². The zero-order valence-corrected chi connectivity index (χ0v) is 65.7. The Hall–Kier alpha value is -3.87. The molecule has 0 spiro atoms. The van der Waals surface area contributed by atoms with E-state index in [4.69, 9.17) is 18.9 Å². The SMILES string of the molecule is CC/C=C\C/C=C\C/C=C\C/C=C\C/C=C\C/C=C\C/C=C\C/C=C\C/C=C\C/C=C\C/C=C\CCCCCCCC(=O)NC(COC1OC(CO)C(OC2OC(CO)C(O)C(O)C2O)C(O)C1O)C(O)CCCCCCCCCCCCCCCCCCCCCCCCCCCCCCCCC. The van der Waals surface area contributed by atoms with Crippen LogP contribution in [0.3, 0.4) is 0 Å². The van der Waals surface area contributed by atoms with Crippen LogP contribution in [0.5, 0.6) is 0 Å². The monoisotopic (exact) mass is 1460 g/mol. The first-order valence-electron chi connectivity index (χ1n) is 42.4. The molecule has 2 aliphatic heterocycles. The van der Waals surface area contributed by atoms with Gasteiger partial charge in [-0.2, -0.15) is 0 Å². The number of aliphatic hydroxyl groups is 8. The molecule has 0 aromatic carbocycles. The van der Waals surface area contributed by atoms with Crippen molar-refractivity contribution in [3.05, 3.63) is 134 Å². The summed E-state index contributed by atoms with van der Waals surface area (Å²) in [6.07, 6.45) is 90.6. The molecule has 0 bridgehead atoms. The summed E-state index contributed by atoms with van der Waals surface area (Å²) >= 11 is 0. The van der Waals surface area contributed by atoms with Crippen molar-refractivity contribution in [3.63, 3.8) is 0 Å². The number of aliphatic hydroxyl groups excluding tert-OH is 8. The van der Waals surface area contributed by atoms with Crippen molar-refractivity contribution in [2.75, 3.05) is 19.8 Å². The van der Waals surface area contributed by atoms with Crippen LogP contribution in [0.15, 0.2) is 134 Å². The van der Waals surface area contributed by atoms with E-state index in [0.29, 0.717) is 12.8 Å². The van der Waals surface area contributed by atoms with Crippen molar-refractivity contribution >= 4 is 5.91 Å². The molecule has 0 aromatic heterocycles. The second kappa shape index (κ2) is 72.0.